The number of pyridine rings is 1. The SMILES string of the molecule is Nc1cc(-n2ccc(NC(=O)C3(c4ccccc4F)CC3)n2)ccn1. The molecule has 2 aromatic heterocycles. The van der Waals surface area contributed by atoms with Gasteiger partial charge in [-0.15, -0.1) is 0 Å². The molecule has 1 amide bonds. The molecule has 1 aliphatic rings. The second kappa shape index (κ2) is 5.70. The third kappa shape index (κ3) is 2.73. The summed E-state index contributed by atoms with van der Waals surface area (Å²) in [6, 6.07) is 11.5. The van der Waals surface area contributed by atoms with Crippen LogP contribution in [0.2, 0.25) is 0 Å². The monoisotopic (exact) mass is 337 g/mol. The van der Waals surface area contributed by atoms with Crippen molar-refractivity contribution in [2.45, 2.75) is 18.3 Å². The van der Waals surface area contributed by atoms with Crippen LogP contribution < -0.4 is 11.1 Å². The first kappa shape index (κ1) is 15.3. The molecule has 0 atom stereocenters. The number of nitrogen functional groups attached to an aromatic ring is 1. The van der Waals surface area contributed by atoms with Crippen molar-refractivity contribution in [1.82, 2.24) is 14.8 Å². The van der Waals surface area contributed by atoms with Crippen LogP contribution in [0.4, 0.5) is 16.0 Å². The highest BCUT2D eigenvalue weighted by Gasteiger charge is 2.52. The Morgan fingerprint density at radius 2 is 2.04 bits per heavy atom. The van der Waals surface area contributed by atoms with E-state index < -0.39 is 5.41 Å². The fraction of sp³-hybridized carbons (Fsp3) is 0.167. The summed E-state index contributed by atoms with van der Waals surface area (Å²) >= 11 is 0. The maximum absolute atomic E-state index is 14.1. The number of nitrogens with zero attached hydrogens (tertiary/aromatic N) is 3. The van der Waals surface area contributed by atoms with Crippen molar-refractivity contribution in [3.63, 3.8) is 0 Å². The summed E-state index contributed by atoms with van der Waals surface area (Å²) in [5, 5.41) is 7.12. The quantitative estimate of drug-likeness (QED) is 0.766. The number of halogens is 1. The molecule has 25 heavy (non-hydrogen) atoms. The topological polar surface area (TPSA) is 85.8 Å². The first-order chi connectivity index (χ1) is 12.1. The standard InChI is InChI=1S/C18H16FN5O/c19-14-4-2-1-3-13(14)18(7-8-18)17(25)22-16-6-10-24(23-16)12-5-9-21-15(20)11-12/h1-6,9-11H,7-8H2,(H2,20,21)(H,22,23,25). The fourth-order valence-electron chi connectivity index (χ4n) is 2.94. The fourth-order valence-corrected chi connectivity index (χ4v) is 2.94. The summed E-state index contributed by atoms with van der Waals surface area (Å²) in [6.45, 7) is 0. The van der Waals surface area contributed by atoms with Gasteiger partial charge >= 0.3 is 0 Å². The molecule has 4 rings (SSSR count). The lowest BCUT2D eigenvalue weighted by molar-refractivity contribution is -0.118. The number of carbonyl (C=O) groups is 1. The van der Waals surface area contributed by atoms with Crippen LogP contribution >= 0.6 is 0 Å². The number of aromatic nitrogens is 3. The normalized spacial score (nSPS) is 14.9. The van der Waals surface area contributed by atoms with Gasteiger partial charge in [-0.25, -0.2) is 14.1 Å². The van der Waals surface area contributed by atoms with Crippen molar-refractivity contribution in [3.05, 3.63) is 66.2 Å². The Hall–Kier alpha value is -3.22. The van der Waals surface area contributed by atoms with Gasteiger partial charge in [0.05, 0.1) is 11.1 Å². The molecule has 1 saturated carbocycles. The molecule has 3 aromatic rings. The van der Waals surface area contributed by atoms with E-state index in [1.807, 2.05) is 0 Å². The third-order valence-electron chi connectivity index (χ3n) is 4.43. The summed E-state index contributed by atoms with van der Waals surface area (Å²) in [4.78, 5) is 16.6. The number of carbonyl (C=O) groups excluding carboxylic acids is 1. The van der Waals surface area contributed by atoms with Gasteiger partial charge in [0, 0.05) is 30.1 Å². The van der Waals surface area contributed by atoms with Crippen molar-refractivity contribution >= 4 is 17.5 Å². The second-order valence-corrected chi connectivity index (χ2v) is 6.10. The Morgan fingerprint density at radius 1 is 1.24 bits per heavy atom. The van der Waals surface area contributed by atoms with Gasteiger partial charge in [-0.05, 0) is 25.0 Å². The number of nitrogens with two attached hydrogens (primary N) is 1. The van der Waals surface area contributed by atoms with Crippen LogP contribution in [0, 0.1) is 5.82 Å². The lowest BCUT2D eigenvalue weighted by atomic mass is 9.94. The van der Waals surface area contributed by atoms with Crippen molar-refractivity contribution in [1.29, 1.82) is 0 Å². The molecule has 0 bridgehead atoms. The highest BCUT2D eigenvalue weighted by Crippen LogP contribution is 2.49. The minimum absolute atomic E-state index is 0.239. The Kier molecular flexibility index (Phi) is 3.49. The molecule has 0 radical (unpaired) electrons. The van der Waals surface area contributed by atoms with Gasteiger partial charge in [0.2, 0.25) is 5.91 Å². The maximum Gasteiger partial charge on any atom is 0.236 e. The summed E-state index contributed by atoms with van der Waals surface area (Å²) in [7, 11) is 0. The van der Waals surface area contributed by atoms with Crippen LogP contribution in [0.3, 0.4) is 0 Å². The maximum atomic E-state index is 14.1. The highest BCUT2D eigenvalue weighted by atomic mass is 19.1. The van der Waals surface area contributed by atoms with Crippen molar-refractivity contribution in [2.75, 3.05) is 11.1 Å². The molecule has 2 heterocycles. The van der Waals surface area contributed by atoms with Gasteiger partial charge in [0.25, 0.3) is 0 Å². The minimum Gasteiger partial charge on any atom is -0.384 e. The average molecular weight is 337 g/mol. The molecular formula is C18H16FN5O. The smallest absolute Gasteiger partial charge is 0.236 e. The molecule has 0 aliphatic heterocycles. The zero-order valence-electron chi connectivity index (χ0n) is 13.3. The van der Waals surface area contributed by atoms with Crippen molar-refractivity contribution in [3.8, 4) is 5.69 Å². The predicted octanol–water partition coefficient (Wildman–Crippen LogP) is 2.66. The molecule has 7 heteroatoms. The first-order valence-electron chi connectivity index (χ1n) is 7.92. The van der Waals surface area contributed by atoms with Crippen LogP contribution in [-0.4, -0.2) is 20.7 Å². The Balaban J connectivity index is 1.55. The first-order valence-corrected chi connectivity index (χ1v) is 7.92. The Labute approximate surface area is 143 Å². The van der Waals surface area contributed by atoms with Crippen LogP contribution in [-0.2, 0) is 10.2 Å². The number of benzene rings is 1. The van der Waals surface area contributed by atoms with E-state index in [4.69, 9.17) is 5.73 Å². The van der Waals surface area contributed by atoms with E-state index in [2.05, 4.69) is 15.4 Å². The zero-order chi connectivity index (χ0) is 17.4. The number of hydrogen-bond donors (Lipinski definition) is 2. The number of rotatable bonds is 4. The molecule has 0 saturated heterocycles. The zero-order valence-corrected chi connectivity index (χ0v) is 13.3. The van der Waals surface area contributed by atoms with E-state index in [-0.39, 0.29) is 11.7 Å². The second-order valence-electron chi connectivity index (χ2n) is 6.10. The predicted molar refractivity (Wildman–Crippen MR) is 91.7 cm³/mol. The minimum atomic E-state index is -0.795. The summed E-state index contributed by atoms with van der Waals surface area (Å²) in [5.41, 5.74) is 6.05. The molecule has 126 valence electrons. The molecule has 0 unspecified atom stereocenters. The molecular weight excluding hydrogens is 321 g/mol. The summed E-state index contributed by atoms with van der Waals surface area (Å²) < 4.78 is 15.7. The highest BCUT2D eigenvalue weighted by molar-refractivity contribution is 6.00. The largest absolute Gasteiger partial charge is 0.384 e. The van der Waals surface area contributed by atoms with Crippen LogP contribution in [0.1, 0.15) is 18.4 Å². The van der Waals surface area contributed by atoms with Gasteiger partial charge in [-0.2, -0.15) is 5.10 Å². The number of amides is 1. The molecule has 1 fully saturated rings. The van der Waals surface area contributed by atoms with Gasteiger partial charge < -0.3 is 11.1 Å². The van der Waals surface area contributed by atoms with Gasteiger partial charge in [-0.1, -0.05) is 18.2 Å². The molecule has 6 nitrogen and oxygen atoms in total. The van der Waals surface area contributed by atoms with Gasteiger partial charge in [-0.3, -0.25) is 4.79 Å². The molecule has 1 aromatic carbocycles. The number of anilines is 2. The van der Waals surface area contributed by atoms with E-state index in [9.17, 15) is 9.18 Å². The third-order valence-corrected chi connectivity index (χ3v) is 4.43. The van der Waals surface area contributed by atoms with Gasteiger partial charge in [0.15, 0.2) is 5.82 Å². The molecule has 0 spiro atoms. The summed E-state index contributed by atoms with van der Waals surface area (Å²) in [6.07, 6.45) is 4.55. The van der Waals surface area contributed by atoms with Crippen molar-refractivity contribution in [2.24, 2.45) is 0 Å². The van der Waals surface area contributed by atoms with E-state index in [1.165, 1.54) is 6.07 Å². The lowest BCUT2D eigenvalue weighted by Crippen LogP contribution is -2.29. The van der Waals surface area contributed by atoms with E-state index in [0.29, 0.717) is 30.0 Å². The number of nitrogens with one attached hydrogen (secondary N) is 1. The van der Waals surface area contributed by atoms with E-state index in [1.54, 1.807) is 53.5 Å². The van der Waals surface area contributed by atoms with Crippen LogP contribution in [0.25, 0.3) is 5.69 Å². The number of hydrogen-bond acceptors (Lipinski definition) is 4. The Morgan fingerprint density at radius 3 is 2.76 bits per heavy atom. The summed E-state index contributed by atoms with van der Waals surface area (Å²) in [5.74, 6) is 0.197. The van der Waals surface area contributed by atoms with Crippen LogP contribution in [0.5, 0.6) is 0 Å². The molecule has 1 aliphatic carbocycles. The average Bonchev–Trinajstić information content (AvgIpc) is 3.28. The van der Waals surface area contributed by atoms with Gasteiger partial charge in [0.1, 0.15) is 11.6 Å². The molecule has 3 N–H and O–H groups in total. The Bertz CT molecular complexity index is 948. The van der Waals surface area contributed by atoms with Crippen molar-refractivity contribution < 1.29 is 9.18 Å². The van der Waals surface area contributed by atoms with E-state index >= 15 is 0 Å². The lowest BCUT2D eigenvalue weighted by Gasteiger charge is -2.15. The van der Waals surface area contributed by atoms with E-state index in [0.717, 1.165) is 5.69 Å². The van der Waals surface area contributed by atoms with Crippen LogP contribution in [0.15, 0.2) is 54.9 Å².